The van der Waals surface area contributed by atoms with E-state index in [9.17, 15) is 8.42 Å². The lowest BCUT2D eigenvalue weighted by molar-refractivity contribution is 0.133. The van der Waals surface area contributed by atoms with E-state index < -0.39 is 10.0 Å². The van der Waals surface area contributed by atoms with Gasteiger partial charge in [0.2, 0.25) is 0 Å². The zero-order valence-corrected chi connectivity index (χ0v) is 18.0. The summed E-state index contributed by atoms with van der Waals surface area (Å²) in [5, 5.41) is 0.985. The van der Waals surface area contributed by atoms with Crippen LogP contribution in [0.1, 0.15) is 19.3 Å². The highest BCUT2D eigenvalue weighted by Gasteiger charge is 2.31. The van der Waals surface area contributed by atoms with E-state index in [4.69, 9.17) is 4.74 Å². The molecule has 2 saturated heterocycles. The Balaban J connectivity index is 1.55. The number of fused-ring (bicyclic) bond motifs is 2. The molecule has 0 bridgehead atoms. The van der Waals surface area contributed by atoms with Crippen LogP contribution in [-0.4, -0.2) is 56.6 Å². The van der Waals surface area contributed by atoms with Crippen molar-refractivity contribution in [2.45, 2.75) is 30.2 Å². The average Bonchev–Trinajstić information content (AvgIpc) is 3.19. The summed E-state index contributed by atoms with van der Waals surface area (Å²) in [6.45, 7) is 4.10. The third-order valence-electron chi connectivity index (χ3n) is 6.45. The zero-order valence-electron chi connectivity index (χ0n) is 17.2. The highest BCUT2D eigenvalue weighted by atomic mass is 32.2. The van der Waals surface area contributed by atoms with Gasteiger partial charge in [0.25, 0.3) is 10.0 Å². The predicted octanol–water partition coefficient (Wildman–Crippen LogP) is 3.56. The van der Waals surface area contributed by atoms with Crippen molar-refractivity contribution in [1.29, 1.82) is 0 Å². The third-order valence-corrected chi connectivity index (χ3v) is 8.14. The molecule has 6 nitrogen and oxygen atoms in total. The van der Waals surface area contributed by atoms with Gasteiger partial charge in [0.05, 0.1) is 23.2 Å². The predicted molar refractivity (Wildman–Crippen MR) is 119 cm³/mol. The number of rotatable bonds is 4. The summed E-state index contributed by atoms with van der Waals surface area (Å²) in [7, 11) is -2.14. The molecular formula is C23H27N3O3S. The van der Waals surface area contributed by atoms with Gasteiger partial charge in [-0.1, -0.05) is 24.6 Å². The molecule has 0 spiro atoms. The monoisotopic (exact) mass is 425 g/mol. The summed E-state index contributed by atoms with van der Waals surface area (Å²) in [6, 6.07) is 14.9. The smallest absolute Gasteiger partial charge is 0.268 e. The molecule has 30 heavy (non-hydrogen) atoms. The number of methoxy groups -OCH3 is 1. The van der Waals surface area contributed by atoms with E-state index >= 15 is 0 Å². The van der Waals surface area contributed by atoms with Crippen molar-refractivity contribution in [2.24, 2.45) is 0 Å². The largest absolute Gasteiger partial charge is 0.497 e. The zero-order chi connectivity index (χ0) is 20.7. The fourth-order valence-corrected chi connectivity index (χ4v) is 6.18. The van der Waals surface area contributed by atoms with Crippen molar-refractivity contribution < 1.29 is 13.2 Å². The second kappa shape index (κ2) is 7.63. The minimum Gasteiger partial charge on any atom is -0.497 e. The normalized spacial score (nSPS) is 20.3. The molecule has 2 fully saturated rings. The fraction of sp³-hybridized carbons (Fsp3) is 0.391. The standard InChI is InChI=1S/C23H27N3O3S/c1-29-19-9-11-20(12-10-19)30(27,28)26-17-23(21-7-2-3-8-22(21)26)25-15-14-24-13-5-4-6-18(24)16-25/h2-3,7-12,17-18H,4-6,13-16H2,1H3. The minimum absolute atomic E-state index is 0.257. The van der Waals surface area contributed by atoms with Gasteiger partial charge in [-0.2, -0.15) is 0 Å². The van der Waals surface area contributed by atoms with E-state index in [1.807, 2.05) is 30.5 Å². The molecule has 0 N–H and O–H groups in total. The minimum atomic E-state index is -3.71. The number of nitrogens with zero attached hydrogens (tertiary/aromatic N) is 3. The summed E-state index contributed by atoms with van der Waals surface area (Å²) in [4.78, 5) is 5.22. The molecule has 7 heteroatoms. The van der Waals surface area contributed by atoms with Crippen LogP contribution in [0.3, 0.4) is 0 Å². The quantitative estimate of drug-likeness (QED) is 0.640. The van der Waals surface area contributed by atoms with Gasteiger partial charge in [0, 0.05) is 37.3 Å². The highest BCUT2D eigenvalue weighted by molar-refractivity contribution is 7.90. The van der Waals surface area contributed by atoms with Gasteiger partial charge in [-0.05, 0) is 49.7 Å². The molecule has 1 unspecified atom stereocenters. The van der Waals surface area contributed by atoms with E-state index in [-0.39, 0.29) is 4.90 Å². The molecule has 0 amide bonds. The maximum absolute atomic E-state index is 13.5. The Kier molecular flexibility index (Phi) is 4.95. The van der Waals surface area contributed by atoms with Gasteiger partial charge in [0.15, 0.2) is 0 Å². The summed E-state index contributed by atoms with van der Waals surface area (Å²) in [5.74, 6) is 0.636. The van der Waals surface area contributed by atoms with Crippen LogP contribution in [0.15, 0.2) is 59.6 Å². The second-order valence-electron chi connectivity index (χ2n) is 8.14. The SMILES string of the molecule is COc1ccc(S(=O)(=O)n2cc(N3CCN4CCCCC4C3)c3ccccc32)cc1. The first-order valence-electron chi connectivity index (χ1n) is 10.6. The van der Waals surface area contributed by atoms with Gasteiger partial charge in [-0.25, -0.2) is 12.4 Å². The summed E-state index contributed by atoms with van der Waals surface area (Å²) in [5.41, 5.74) is 1.72. The molecule has 2 aliphatic rings. The second-order valence-corrected chi connectivity index (χ2v) is 9.95. The van der Waals surface area contributed by atoms with Crippen molar-refractivity contribution >= 4 is 26.6 Å². The van der Waals surface area contributed by atoms with Gasteiger partial charge in [0.1, 0.15) is 5.75 Å². The van der Waals surface area contributed by atoms with Crippen molar-refractivity contribution in [2.75, 3.05) is 38.2 Å². The molecule has 2 aromatic carbocycles. The Morgan fingerprint density at radius 1 is 0.967 bits per heavy atom. The van der Waals surface area contributed by atoms with Crippen LogP contribution in [0, 0.1) is 0 Å². The van der Waals surface area contributed by atoms with E-state index in [2.05, 4.69) is 9.80 Å². The maximum Gasteiger partial charge on any atom is 0.268 e. The Labute approximate surface area is 177 Å². The van der Waals surface area contributed by atoms with Crippen LogP contribution in [0.25, 0.3) is 10.9 Å². The molecule has 158 valence electrons. The first-order valence-corrected chi connectivity index (χ1v) is 12.0. The molecule has 2 aliphatic heterocycles. The number of para-hydroxylation sites is 1. The topological polar surface area (TPSA) is 54.8 Å². The van der Waals surface area contributed by atoms with E-state index in [1.54, 1.807) is 31.4 Å². The Bertz CT molecular complexity index is 1150. The Morgan fingerprint density at radius 2 is 1.77 bits per heavy atom. The first kappa shape index (κ1) is 19.5. The van der Waals surface area contributed by atoms with Crippen molar-refractivity contribution in [3.63, 3.8) is 0 Å². The number of piperazine rings is 1. The molecule has 1 atom stereocenters. The van der Waals surface area contributed by atoms with Gasteiger partial charge in [-0.15, -0.1) is 0 Å². The van der Waals surface area contributed by atoms with Crippen LogP contribution < -0.4 is 9.64 Å². The summed E-state index contributed by atoms with van der Waals surface area (Å²) < 4.78 is 33.5. The Morgan fingerprint density at radius 3 is 2.57 bits per heavy atom. The van der Waals surface area contributed by atoms with Crippen LogP contribution in [-0.2, 0) is 10.0 Å². The van der Waals surface area contributed by atoms with E-state index in [0.29, 0.717) is 11.8 Å². The number of benzene rings is 2. The van der Waals surface area contributed by atoms with Crippen molar-refractivity contribution in [1.82, 2.24) is 8.87 Å². The maximum atomic E-state index is 13.5. The first-order chi connectivity index (χ1) is 14.6. The lowest BCUT2D eigenvalue weighted by atomic mass is 9.99. The van der Waals surface area contributed by atoms with Crippen LogP contribution in [0.5, 0.6) is 5.75 Å². The summed E-state index contributed by atoms with van der Waals surface area (Å²) >= 11 is 0. The van der Waals surface area contributed by atoms with Crippen LogP contribution in [0.4, 0.5) is 5.69 Å². The molecular weight excluding hydrogens is 398 g/mol. The number of aromatic nitrogens is 1. The van der Waals surface area contributed by atoms with E-state index in [0.717, 1.165) is 36.2 Å². The number of hydrogen-bond donors (Lipinski definition) is 0. The number of anilines is 1. The Hall–Kier alpha value is -2.51. The highest BCUT2D eigenvalue weighted by Crippen LogP contribution is 2.34. The average molecular weight is 426 g/mol. The molecule has 3 heterocycles. The van der Waals surface area contributed by atoms with Gasteiger partial charge >= 0.3 is 0 Å². The number of piperidine rings is 1. The van der Waals surface area contributed by atoms with Crippen LogP contribution >= 0.6 is 0 Å². The van der Waals surface area contributed by atoms with E-state index in [1.165, 1.54) is 29.8 Å². The van der Waals surface area contributed by atoms with Crippen molar-refractivity contribution in [3.8, 4) is 5.75 Å². The molecule has 3 aromatic rings. The van der Waals surface area contributed by atoms with Gasteiger partial charge < -0.3 is 9.64 Å². The molecule has 0 aliphatic carbocycles. The number of hydrogen-bond acceptors (Lipinski definition) is 5. The third kappa shape index (κ3) is 3.26. The molecule has 0 saturated carbocycles. The lowest BCUT2D eigenvalue weighted by Crippen LogP contribution is -2.54. The van der Waals surface area contributed by atoms with Crippen LogP contribution in [0.2, 0.25) is 0 Å². The lowest BCUT2D eigenvalue weighted by Gasteiger charge is -2.44. The van der Waals surface area contributed by atoms with Crippen molar-refractivity contribution in [3.05, 3.63) is 54.7 Å². The fourth-order valence-electron chi connectivity index (χ4n) is 4.82. The van der Waals surface area contributed by atoms with Gasteiger partial charge in [-0.3, -0.25) is 4.90 Å². The molecule has 5 rings (SSSR count). The summed E-state index contributed by atoms with van der Waals surface area (Å²) in [6.07, 6.45) is 5.60. The molecule has 1 aromatic heterocycles. The number of ether oxygens (including phenoxy) is 1. The molecule has 0 radical (unpaired) electrons.